The van der Waals surface area contributed by atoms with Crippen molar-refractivity contribution < 1.29 is 0 Å². The smallest absolute Gasteiger partial charge is 0.124 e. The lowest BCUT2D eigenvalue weighted by Crippen LogP contribution is -2.33. The Balaban J connectivity index is 1.04. The summed E-state index contributed by atoms with van der Waals surface area (Å²) in [4.78, 5) is 7.04. The van der Waals surface area contributed by atoms with Crippen molar-refractivity contribution in [1.82, 2.24) is 15.2 Å². The highest BCUT2D eigenvalue weighted by atomic mass is 15.2. The first-order chi connectivity index (χ1) is 14.8. The SMILES string of the molecule is Nc1cccc(-c2ccc(CCN3CC4C(C3)C4NCCc3ccccc3)cc2)n1. The van der Waals surface area contributed by atoms with E-state index in [1.807, 2.05) is 18.2 Å². The molecule has 2 atom stereocenters. The second kappa shape index (κ2) is 8.58. The molecule has 3 aromatic rings. The molecule has 1 aromatic heterocycles. The number of nitrogens with one attached hydrogen (secondary N) is 1. The molecule has 3 N–H and O–H groups in total. The van der Waals surface area contributed by atoms with E-state index < -0.39 is 0 Å². The van der Waals surface area contributed by atoms with Crippen molar-refractivity contribution >= 4 is 5.82 Å². The van der Waals surface area contributed by atoms with Gasteiger partial charge in [-0.3, -0.25) is 0 Å². The highest BCUT2D eigenvalue weighted by Crippen LogP contribution is 2.45. The van der Waals surface area contributed by atoms with Crippen LogP contribution >= 0.6 is 0 Å². The van der Waals surface area contributed by atoms with Crippen LogP contribution in [-0.2, 0) is 12.8 Å². The number of benzene rings is 2. The van der Waals surface area contributed by atoms with E-state index >= 15 is 0 Å². The van der Waals surface area contributed by atoms with Gasteiger partial charge in [-0.15, -0.1) is 0 Å². The number of rotatable bonds is 8. The first kappa shape index (κ1) is 19.3. The van der Waals surface area contributed by atoms with Crippen LogP contribution in [0.1, 0.15) is 11.1 Å². The molecule has 154 valence electrons. The van der Waals surface area contributed by atoms with Crippen LogP contribution in [0.5, 0.6) is 0 Å². The van der Waals surface area contributed by atoms with Crippen LogP contribution in [0.3, 0.4) is 0 Å². The minimum Gasteiger partial charge on any atom is -0.384 e. The molecule has 2 aromatic carbocycles. The summed E-state index contributed by atoms with van der Waals surface area (Å²) in [5.74, 6) is 2.28. The summed E-state index contributed by atoms with van der Waals surface area (Å²) in [6.45, 7) is 4.74. The van der Waals surface area contributed by atoms with Crippen LogP contribution in [0.25, 0.3) is 11.3 Å². The Labute approximate surface area is 179 Å². The molecule has 0 spiro atoms. The first-order valence-electron chi connectivity index (χ1n) is 11.1. The van der Waals surface area contributed by atoms with Crippen molar-refractivity contribution in [2.45, 2.75) is 18.9 Å². The van der Waals surface area contributed by atoms with Gasteiger partial charge < -0.3 is 16.0 Å². The maximum absolute atomic E-state index is 5.80. The fraction of sp³-hybridized carbons (Fsp3) is 0.346. The number of hydrogen-bond acceptors (Lipinski definition) is 4. The van der Waals surface area contributed by atoms with Gasteiger partial charge in [-0.1, -0.05) is 60.7 Å². The third-order valence-corrected chi connectivity index (χ3v) is 6.64. The Kier molecular flexibility index (Phi) is 5.52. The zero-order valence-electron chi connectivity index (χ0n) is 17.4. The van der Waals surface area contributed by atoms with E-state index in [4.69, 9.17) is 5.73 Å². The quantitative estimate of drug-likeness (QED) is 0.608. The van der Waals surface area contributed by atoms with Gasteiger partial charge in [0.25, 0.3) is 0 Å². The Morgan fingerprint density at radius 2 is 1.57 bits per heavy atom. The molecule has 5 rings (SSSR count). The Bertz CT molecular complexity index is 958. The van der Waals surface area contributed by atoms with E-state index in [0.717, 1.165) is 55.1 Å². The van der Waals surface area contributed by atoms with Gasteiger partial charge in [-0.05, 0) is 54.5 Å². The molecule has 1 saturated heterocycles. The largest absolute Gasteiger partial charge is 0.384 e. The van der Waals surface area contributed by atoms with Gasteiger partial charge >= 0.3 is 0 Å². The number of nitrogens with zero attached hydrogens (tertiary/aromatic N) is 2. The van der Waals surface area contributed by atoms with Gasteiger partial charge in [-0.25, -0.2) is 4.98 Å². The molecule has 0 radical (unpaired) electrons. The van der Waals surface area contributed by atoms with Gasteiger partial charge in [0.15, 0.2) is 0 Å². The van der Waals surface area contributed by atoms with Crippen molar-refractivity contribution in [3.05, 3.63) is 83.9 Å². The number of fused-ring (bicyclic) bond motifs is 1. The molecule has 2 aliphatic rings. The van der Waals surface area contributed by atoms with Crippen LogP contribution in [0.15, 0.2) is 72.8 Å². The number of hydrogen-bond donors (Lipinski definition) is 2. The summed E-state index contributed by atoms with van der Waals surface area (Å²) in [5.41, 5.74) is 10.7. The number of likely N-dealkylation sites (tertiary alicyclic amines) is 1. The second-order valence-electron chi connectivity index (χ2n) is 8.70. The fourth-order valence-electron chi connectivity index (χ4n) is 4.87. The van der Waals surface area contributed by atoms with E-state index in [0.29, 0.717) is 5.82 Å². The maximum Gasteiger partial charge on any atom is 0.124 e. The minimum atomic E-state index is 0.567. The first-order valence-corrected chi connectivity index (χ1v) is 11.1. The zero-order chi connectivity index (χ0) is 20.3. The second-order valence-corrected chi connectivity index (χ2v) is 8.70. The predicted molar refractivity (Wildman–Crippen MR) is 123 cm³/mol. The van der Waals surface area contributed by atoms with Crippen molar-refractivity contribution in [2.75, 3.05) is 31.9 Å². The predicted octanol–water partition coefficient (Wildman–Crippen LogP) is 3.64. The number of nitrogen functional groups attached to an aromatic ring is 1. The van der Waals surface area contributed by atoms with Crippen molar-refractivity contribution in [3.8, 4) is 11.3 Å². The number of nitrogens with two attached hydrogens (primary N) is 1. The fourth-order valence-corrected chi connectivity index (χ4v) is 4.87. The molecule has 2 heterocycles. The lowest BCUT2D eigenvalue weighted by molar-refractivity contribution is 0.293. The van der Waals surface area contributed by atoms with Crippen LogP contribution in [0, 0.1) is 11.8 Å². The highest BCUT2D eigenvalue weighted by Gasteiger charge is 2.54. The summed E-state index contributed by atoms with van der Waals surface area (Å²) < 4.78 is 0. The molecule has 2 fully saturated rings. The highest BCUT2D eigenvalue weighted by molar-refractivity contribution is 5.61. The van der Waals surface area contributed by atoms with Crippen molar-refractivity contribution in [1.29, 1.82) is 0 Å². The van der Waals surface area contributed by atoms with Crippen LogP contribution in [0.2, 0.25) is 0 Å². The number of aromatic nitrogens is 1. The normalized spacial score (nSPS) is 22.7. The molecule has 1 aliphatic carbocycles. The van der Waals surface area contributed by atoms with Gasteiger partial charge in [0, 0.05) is 31.2 Å². The third-order valence-electron chi connectivity index (χ3n) is 6.64. The molecule has 2 unspecified atom stereocenters. The molecule has 30 heavy (non-hydrogen) atoms. The summed E-state index contributed by atoms with van der Waals surface area (Å²) >= 11 is 0. The van der Waals surface area contributed by atoms with Crippen molar-refractivity contribution in [3.63, 3.8) is 0 Å². The molecule has 4 heteroatoms. The number of pyridine rings is 1. The molecule has 4 nitrogen and oxygen atoms in total. The lowest BCUT2D eigenvalue weighted by atomic mass is 10.1. The van der Waals surface area contributed by atoms with Gasteiger partial charge in [0.05, 0.1) is 5.69 Å². The van der Waals surface area contributed by atoms with Gasteiger partial charge in [-0.2, -0.15) is 0 Å². The monoisotopic (exact) mass is 398 g/mol. The summed E-state index contributed by atoms with van der Waals surface area (Å²) in [6.07, 6.45) is 2.23. The summed E-state index contributed by atoms with van der Waals surface area (Å²) in [5, 5.41) is 3.79. The summed E-state index contributed by atoms with van der Waals surface area (Å²) in [6, 6.07) is 26.1. The van der Waals surface area contributed by atoms with E-state index in [9.17, 15) is 0 Å². The average Bonchev–Trinajstić information content (AvgIpc) is 3.23. The molecular weight excluding hydrogens is 368 g/mol. The topological polar surface area (TPSA) is 54.2 Å². The third kappa shape index (κ3) is 4.40. The van der Waals surface area contributed by atoms with Crippen LogP contribution in [-0.4, -0.2) is 42.1 Å². The molecular formula is C26H30N4. The maximum atomic E-state index is 5.80. The minimum absolute atomic E-state index is 0.567. The zero-order valence-corrected chi connectivity index (χ0v) is 17.4. The van der Waals surface area contributed by atoms with E-state index in [-0.39, 0.29) is 0 Å². The Morgan fingerprint density at radius 3 is 2.30 bits per heavy atom. The average molecular weight is 399 g/mol. The van der Waals surface area contributed by atoms with E-state index in [1.54, 1.807) is 0 Å². The van der Waals surface area contributed by atoms with E-state index in [1.165, 1.54) is 24.2 Å². The molecule has 1 aliphatic heterocycles. The molecule has 0 amide bonds. The standard InChI is InChI=1S/C26H30N4/c27-25-8-4-7-24(29-25)21-11-9-20(10-12-21)14-16-30-17-22-23(18-30)26(22)28-15-13-19-5-2-1-3-6-19/h1-12,22-23,26,28H,13-18H2,(H2,27,29). The van der Waals surface area contributed by atoms with Crippen molar-refractivity contribution in [2.24, 2.45) is 11.8 Å². The van der Waals surface area contributed by atoms with E-state index in [2.05, 4.69) is 69.8 Å². The molecule has 0 bridgehead atoms. The number of anilines is 1. The number of piperidine rings is 1. The van der Waals surface area contributed by atoms with Crippen LogP contribution < -0.4 is 11.1 Å². The lowest BCUT2D eigenvalue weighted by Gasteiger charge is -2.20. The molecule has 1 saturated carbocycles. The van der Waals surface area contributed by atoms with Gasteiger partial charge in [0.1, 0.15) is 5.82 Å². The van der Waals surface area contributed by atoms with Crippen LogP contribution in [0.4, 0.5) is 5.82 Å². The Morgan fingerprint density at radius 1 is 0.833 bits per heavy atom. The summed E-state index contributed by atoms with van der Waals surface area (Å²) in [7, 11) is 0. The Hall–Kier alpha value is -2.69. The van der Waals surface area contributed by atoms with Gasteiger partial charge in [0.2, 0.25) is 0 Å².